The Morgan fingerprint density at radius 1 is 1.26 bits per heavy atom. The van der Waals surface area contributed by atoms with E-state index in [9.17, 15) is 0 Å². The van der Waals surface area contributed by atoms with Crippen molar-refractivity contribution in [2.24, 2.45) is 0 Å². The van der Waals surface area contributed by atoms with E-state index in [0.717, 1.165) is 30.5 Å². The summed E-state index contributed by atoms with van der Waals surface area (Å²) in [6.07, 6.45) is 0.802. The number of anilines is 1. The molecule has 0 radical (unpaired) electrons. The molecule has 0 amide bonds. The first kappa shape index (κ1) is 14.0. The fourth-order valence-electron chi connectivity index (χ4n) is 1.74. The van der Waals surface area contributed by atoms with Gasteiger partial charge in [-0.05, 0) is 19.5 Å². The molecule has 0 saturated heterocycles. The van der Waals surface area contributed by atoms with Gasteiger partial charge in [-0.25, -0.2) is 4.98 Å². The molecule has 4 nitrogen and oxygen atoms in total. The van der Waals surface area contributed by atoms with Gasteiger partial charge >= 0.3 is 0 Å². The Kier molecular flexibility index (Phi) is 4.87. The number of hydrogen-bond acceptors (Lipinski definition) is 5. The van der Waals surface area contributed by atoms with E-state index in [-0.39, 0.29) is 0 Å². The summed E-state index contributed by atoms with van der Waals surface area (Å²) in [6, 6.07) is 8.53. The van der Waals surface area contributed by atoms with E-state index in [1.807, 2.05) is 14.1 Å². The highest BCUT2D eigenvalue weighted by molar-refractivity contribution is 7.09. The van der Waals surface area contributed by atoms with E-state index in [4.69, 9.17) is 0 Å². The van der Waals surface area contributed by atoms with Crippen molar-refractivity contribution in [3.63, 3.8) is 0 Å². The third-order valence-corrected chi connectivity index (χ3v) is 3.83. The molecule has 0 aliphatic heterocycles. The fourth-order valence-corrected chi connectivity index (χ4v) is 2.40. The van der Waals surface area contributed by atoms with E-state index in [1.54, 1.807) is 0 Å². The Bertz CT molecular complexity index is 506. The molecule has 2 aromatic rings. The van der Waals surface area contributed by atoms with Crippen LogP contribution >= 0.6 is 11.5 Å². The zero-order chi connectivity index (χ0) is 13.7. The van der Waals surface area contributed by atoms with Crippen LogP contribution in [0.2, 0.25) is 0 Å². The predicted molar refractivity (Wildman–Crippen MR) is 81.1 cm³/mol. The zero-order valence-corrected chi connectivity index (χ0v) is 12.5. The average molecular weight is 276 g/mol. The highest BCUT2D eigenvalue weighted by Crippen LogP contribution is 2.17. The van der Waals surface area contributed by atoms with Crippen LogP contribution in [-0.4, -0.2) is 36.5 Å². The van der Waals surface area contributed by atoms with Gasteiger partial charge in [-0.2, -0.15) is 4.37 Å². The number of hydrogen-bond donors (Lipinski definition) is 1. The number of rotatable bonds is 6. The number of nitrogens with one attached hydrogen (secondary N) is 1. The number of benzene rings is 1. The van der Waals surface area contributed by atoms with E-state index in [2.05, 4.69) is 50.8 Å². The van der Waals surface area contributed by atoms with E-state index < -0.39 is 0 Å². The minimum absolute atomic E-state index is 0.802. The largest absolute Gasteiger partial charge is 0.349 e. The molecule has 1 aromatic carbocycles. The van der Waals surface area contributed by atoms with Gasteiger partial charge in [0.15, 0.2) is 0 Å². The summed E-state index contributed by atoms with van der Waals surface area (Å²) in [5, 5.41) is 4.12. The van der Waals surface area contributed by atoms with Crippen molar-refractivity contribution in [2.75, 3.05) is 32.1 Å². The predicted octanol–water partition coefficient (Wildman–Crippen LogP) is 2.09. The van der Waals surface area contributed by atoms with Gasteiger partial charge in [0.05, 0.1) is 0 Å². The smallest absolute Gasteiger partial charge is 0.204 e. The van der Waals surface area contributed by atoms with Gasteiger partial charge in [0.25, 0.3) is 0 Å². The van der Waals surface area contributed by atoms with Crippen LogP contribution in [0.15, 0.2) is 24.3 Å². The molecule has 0 fully saturated rings. The Morgan fingerprint density at radius 2 is 2.00 bits per heavy atom. The quantitative estimate of drug-likeness (QED) is 0.877. The molecule has 1 aromatic heterocycles. The van der Waals surface area contributed by atoms with E-state index in [1.165, 1.54) is 22.7 Å². The van der Waals surface area contributed by atoms with Crippen LogP contribution < -0.4 is 10.2 Å². The molecule has 0 saturated carbocycles. The lowest BCUT2D eigenvalue weighted by Gasteiger charge is -2.13. The van der Waals surface area contributed by atoms with Gasteiger partial charge in [-0.1, -0.05) is 29.8 Å². The molecule has 0 bridgehead atoms. The minimum atomic E-state index is 0.802. The van der Waals surface area contributed by atoms with Crippen molar-refractivity contribution in [1.29, 1.82) is 0 Å². The third-order valence-electron chi connectivity index (χ3n) is 2.96. The summed E-state index contributed by atoms with van der Waals surface area (Å²) < 4.78 is 4.43. The zero-order valence-electron chi connectivity index (χ0n) is 11.7. The van der Waals surface area contributed by atoms with Crippen LogP contribution in [0.3, 0.4) is 0 Å². The molecule has 0 aliphatic rings. The highest BCUT2D eigenvalue weighted by atomic mass is 32.1. The molecule has 2 rings (SSSR count). The molecule has 0 unspecified atom stereocenters. The van der Waals surface area contributed by atoms with Gasteiger partial charge in [-0.3, -0.25) is 0 Å². The molecular weight excluding hydrogens is 256 g/mol. The van der Waals surface area contributed by atoms with Crippen LogP contribution in [-0.2, 0) is 6.42 Å². The van der Waals surface area contributed by atoms with Crippen molar-refractivity contribution < 1.29 is 0 Å². The van der Waals surface area contributed by atoms with Gasteiger partial charge < -0.3 is 10.2 Å². The molecule has 0 spiro atoms. The number of nitrogens with zero attached hydrogens (tertiary/aromatic N) is 3. The van der Waals surface area contributed by atoms with Crippen LogP contribution in [0, 0.1) is 6.92 Å². The summed E-state index contributed by atoms with van der Waals surface area (Å²) in [6.45, 7) is 3.98. The maximum Gasteiger partial charge on any atom is 0.204 e. The number of aryl methyl sites for hydroxylation is 1. The van der Waals surface area contributed by atoms with Gasteiger partial charge in [0.2, 0.25) is 5.13 Å². The summed E-state index contributed by atoms with van der Waals surface area (Å²) in [5.41, 5.74) is 2.54. The third kappa shape index (κ3) is 4.01. The number of likely N-dealkylation sites (N-methyl/N-ethyl adjacent to an activating group) is 2. The average Bonchev–Trinajstić information content (AvgIpc) is 2.87. The second-order valence-electron chi connectivity index (χ2n) is 4.68. The Balaban J connectivity index is 1.98. The first-order chi connectivity index (χ1) is 9.19. The first-order valence-electron chi connectivity index (χ1n) is 6.43. The normalized spacial score (nSPS) is 10.7. The van der Waals surface area contributed by atoms with Crippen molar-refractivity contribution in [2.45, 2.75) is 13.3 Å². The first-order valence-corrected chi connectivity index (χ1v) is 7.20. The minimum Gasteiger partial charge on any atom is -0.349 e. The Hall–Kier alpha value is -1.46. The summed E-state index contributed by atoms with van der Waals surface area (Å²) in [4.78, 5) is 6.72. The van der Waals surface area contributed by atoms with Crippen LogP contribution in [0.5, 0.6) is 0 Å². The summed E-state index contributed by atoms with van der Waals surface area (Å²) in [5.74, 6) is 0.903. The lowest BCUT2D eigenvalue weighted by molar-refractivity contribution is 0.765. The molecule has 102 valence electrons. The Labute approximate surface area is 118 Å². The van der Waals surface area contributed by atoms with Gasteiger partial charge in [0, 0.05) is 38.1 Å². The van der Waals surface area contributed by atoms with Crippen molar-refractivity contribution in [1.82, 2.24) is 14.7 Å². The second kappa shape index (κ2) is 6.63. The maximum atomic E-state index is 4.59. The maximum absolute atomic E-state index is 4.59. The van der Waals surface area contributed by atoms with E-state index >= 15 is 0 Å². The molecular formula is C14H20N4S. The summed E-state index contributed by atoms with van der Waals surface area (Å²) >= 11 is 1.47. The lowest BCUT2D eigenvalue weighted by atomic mass is 10.1. The van der Waals surface area contributed by atoms with Crippen LogP contribution in [0.1, 0.15) is 17.0 Å². The monoisotopic (exact) mass is 276 g/mol. The second-order valence-corrected chi connectivity index (χ2v) is 5.41. The molecule has 19 heavy (non-hydrogen) atoms. The lowest BCUT2D eigenvalue weighted by Crippen LogP contribution is -2.26. The molecule has 0 aliphatic carbocycles. The van der Waals surface area contributed by atoms with Gasteiger partial charge in [-0.15, -0.1) is 0 Å². The molecule has 0 atom stereocenters. The Morgan fingerprint density at radius 3 is 2.68 bits per heavy atom. The standard InChI is InChI=1S/C14H20N4S/c1-11-4-6-12(7-5-11)10-13-16-14(19-17-13)18(3)9-8-15-2/h4-7,15H,8-10H2,1-3H3. The van der Waals surface area contributed by atoms with Crippen LogP contribution in [0.25, 0.3) is 0 Å². The van der Waals surface area contributed by atoms with E-state index in [0.29, 0.717) is 0 Å². The van der Waals surface area contributed by atoms with Crippen molar-refractivity contribution >= 4 is 16.7 Å². The van der Waals surface area contributed by atoms with Crippen LogP contribution in [0.4, 0.5) is 5.13 Å². The topological polar surface area (TPSA) is 41.0 Å². The SMILES string of the molecule is CNCCN(C)c1nc(Cc2ccc(C)cc2)ns1. The van der Waals surface area contributed by atoms with Crippen molar-refractivity contribution in [3.8, 4) is 0 Å². The fraction of sp³-hybridized carbons (Fsp3) is 0.429. The van der Waals surface area contributed by atoms with Crippen molar-refractivity contribution in [3.05, 3.63) is 41.2 Å². The highest BCUT2D eigenvalue weighted by Gasteiger charge is 2.08. The number of aromatic nitrogens is 2. The molecule has 1 heterocycles. The van der Waals surface area contributed by atoms with Gasteiger partial charge in [0.1, 0.15) is 5.82 Å². The molecule has 1 N–H and O–H groups in total. The summed E-state index contributed by atoms with van der Waals surface area (Å²) in [7, 11) is 4.00. The molecule has 5 heteroatoms.